The number of esters is 1. The zero-order valence-electron chi connectivity index (χ0n) is 28.7. The normalized spacial score (nSPS) is 13.4. The van der Waals surface area contributed by atoms with E-state index in [2.05, 4.69) is 10.6 Å². The number of hydrogen-bond donors (Lipinski definition) is 2. The van der Waals surface area contributed by atoms with E-state index in [9.17, 15) is 27.6 Å². The molecule has 49 heavy (non-hydrogen) atoms. The van der Waals surface area contributed by atoms with E-state index >= 15 is 0 Å². The minimum Gasteiger partial charge on any atom is -0.467 e. The van der Waals surface area contributed by atoms with Gasteiger partial charge in [0.1, 0.15) is 18.1 Å². The Morgan fingerprint density at radius 3 is 2.10 bits per heavy atom. The molecule has 0 unspecified atom stereocenters. The molecule has 0 saturated heterocycles. The van der Waals surface area contributed by atoms with Gasteiger partial charge in [0.05, 0.1) is 17.5 Å². The van der Waals surface area contributed by atoms with Gasteiger partial charge in [-0.05, 0) is 48.6 Å². The number of rotatable bonds is 14. The van der Waals surface area contributed by atoms with Gasteiger partial charge in [-0.25, -0.2) is 17.2 Å². The van der Waals surface area contributed by atoms with Crippen molar-refractivity contribution >= 4 is 44.6 Å². The van der Waals surface area contributed by atoms with Gasteiger partial charge in [-0.15, -0.1) is 0 Å². The van der Waals surface area contributed by atoms with Crippen molar-refractivity contribution in [2.75, 3.05) is 14.2 Å². The van der Waals surface area contributed by atoms with Crippen LogP contribution in [0, 0.1) is 12.8 Å². The van der Waals surface area contributed by atoms with Crippen LogP contribution >= 0.6 is 0 Å². The topological polar surface area (TPSA) is 144 Å². The third kappa shape index (κ3) is 8.94. The Kier molecular flexibility index (Phi) is 12.0. The number of carbonyl (C=O) groups is 4. The Morgan fingerprint density at radius 2 is 1.49 bits per heavy atom. The fraction of sp³-hybridized carbons (Fsp3) is 0.351. The van der Waals surface area contributed by atoms with Gasteiger partial charge in [-0.3, -0.25) is 14.4 Å². The van der Waals surface area contributed by atoms with Gasteiger partial charge >= 0.3 is 5.97 Å². The maximum absolute atomic E-state index is 14.1. The molecule has 1 heterocycles. The molecular formula is C37H44N4O7S. The molecule has 1 aromatic heterocycles. The van der Waals surface area contributed by atoms with Crippen molar-refractivity contribution in [3.05, 3.63) is 102 Å². The van der Waals surface area contributed by atoms with E-state index < -0.39 is 45.9 Å². The van der Waals surface area contributed by atoms with E-state index in [1.165, 1.54) is 36.2 Å². The van der Waals surface area contributed by atoms with Crippen LogP contribution in [-0.4, -0.2) is 73.3 Å². The lowest BCUT2D eigenvalue weighted by molar-refractivity contribution is -0.147. The molecule has 3 atom stereocenters. The number of aromatic nitrogens is 1. The third-order valence-corrected chi connectivity index (χ3v) is 10.0. The molecule has 0 saturated carbocycles. The van der Waals surface area contributed by atoms with Crippen LogP contribution in [0.25, 0.3) is 10.9 Å². The fourth-order valence-corrected chi connectivity index (χ4v) is 7.20. The van der Waals surface area contributed by atoms with Gasteiger partial charge in [0.15, 0.2) is 0 Å². The standard InChI is InChI=1S/C37H44N4O7S/c1-24(2)20-31(38-26(4)42)36(44)40(5)34(21-27-12-8-7-9-13-27)35(43)39-32(37(45)48-6)22-28-23-41(33-15-11-10-14-30(28)33)49(46,47)29-18-16-25(3)17-19-29/h7-19,23-24,31-32,34H,20-22H2,1-6H3,(H,38,42)(H,39,43)/t31-,32-,34-/m0/s1. The highest BCUT2D eigenvalue weighted by molar-refractivity contribution is 7.90. The molecule has 11 nitrogen and oxygen atoms in total. The Hall–Kier alpha value is -4.97. The summed E-state index contributed by atoms with van der Waals surface area (Å²) >= 11 is 0. The SMILES string of the molecule is COC(=O)[C@H](Cc1cn(S(=O)(=O)c2ccc(C)cc2)c2ccccc12)NC(=O)[C@H](Cc1ccccc1)N(C)C(=O)[C@H](CC(C)C)NC(C)=O. The van der Waals surface area contributed by atoms with Crippen molar-refractivity contribution in [2.24, 2.45) is 5.92 Å². The molecule has 0 radical (unpaired) electrons. The molecule has 4 aromatic rings. The van der Waals surface area contributed by atoms with Gasteiger partial charge in [-0.2, -0.15) is 0 Å². The number of methoxy groups -OCH3 is 1. The Morgan fingerprint density at radius 1 is 0.857 bits per heavy atom. The van der Waals surface area contributed by atoms with Crippen molar-refractivity contribution in [3.63, 3.8) is 0 Å². The van der Waals surface area contributed by atoms with Crippen molar-refractivity contribution in [3.8, 4) is 0 Å². The average molecular weight is 689 g/mol. The predicted molar refractivity (Wildman–Crippen MR) is 187 cm³/mol. The van der Waals surface area contributed by atoms with Crippen LogP contribution in [0.1, 0.15) is 43.9 Å². The zero-order valence-corrected chi connectivity index (χ0v) is 29.5. The lowest BCUT2D eigenvalue weighted by Crippen LogP contribution is -2.57. The van der Waals surface area contributed by atoms with Crippen molar-refractivity contribution in [1.29, 1.82) is 0 Å². The number of aryl methyl sites for hydroxylation is 1. The average Bonchev–Trinajstić information content (AvgIpc) is 3.45. The summed E-state index contributed by atoms with van der Waals surface area (Å²) in [6.45, 7) is 7.06. The predicted octanol–water partition coefficient (Wildman–Crippen LogP) is 4.01. The van der Waals surface area contributed by atoms with E-state index in [-0.39, 0.29) is 29.6 Å². The van der Waals surface area contributed by atoms with Crippen molar-refractivity contribution in [2.45, 2.75) is 70.0 Å². The quantitative estimate of drug-likeness (QED) is 0.191. The number of para-hydroxylation sites is 1. The number of nitrogens with one attached hydrogen (secondary N) is 2. The fourth-order valence-electron chi connectivity index (χ4n) is 5.81. The number of fused-ring (bicyclic) bond motifs is 1. The van der Waals surface area contributed by atoms with Crippen LogP contribution in [0.5, 0.6) is 0 Å². The number of ether oxygens (including phenoxy) is 1. The largest absolute Gasteiger partial charge is 0.467 e. The molecule has 3 aromatic carbocycles. The number of hydrogen-bond acceptors (Lipinski definition) is 7. The van der Waals surface area contributed by atoms with Crippen LogP contribution in [0.4, 0.5) is 0 Å². The second kappa shape index (κ2) is 16.0. The van der Waals surface area contributed by atoms with E-state index in [0.717, 1.165) is 11.1 Å². The van der Waals surface area contributed by atoms with Crippen molar-refractivity contribution in [1.82, 2.24) is 19.5 Å². The second-order valence-corrected chi connectivity index (χ2v) is 14.4. The number of amides is 3. The van der Waals surface area contributed by atoms with Gasteiger partial charge in [0.2, 0.25) is 17.7 Å². The smallest absolute Gasteiger partial charge is 0.328 e. The van der Waals surface area contributed by atoms with Crippen LogP contribution in [-0.2, 0) is 46.8 Å². The van der Waals surface area contributed by atoms with E-state index in [1.807, 2.05) is 51.1 Å². The van der Waals surface area contributed by atoms with E-state index in [1.54, 1.807) is 48.5 Å². The summed E-state index contributed by atoms with van der Waals surface area (Å²) in [7, 11) is -1.30. The summed E-state index contributed by atoms with van der Waals surface area (Å²) in [6, 6.07) is 19.4. The molecule has 2 N–H and O–H groups in total. The Balaban J connectivity index is 1.69. The Labute approximate surface area is 287 Å². The molecule has 260 valence electrons. The lowest BCUT2D eigenvalue weighted by atomic mass is 9.99. The summed E-state index contributed by atoms with van der Waals surface area (Å²) < 4.78 is 33.8. The summed E-state index contributed by atoms with van der Waals surface area (Å²) in [5.41, 5.74) is 2.60. The highest BCUT2D eigenvalue weighted by Gasteiger charge is 2.35. The molecule has 0 fully saturated rings. The first-order valence-corrected chi connectivity index (χ1v) is 17.5. The highest BCUT2D eigenvalue weighted by Crippen LogP contribution is 2.27. The first-order chi connectivity index (χ1) is 23.2. The lowest BCUT2D eigenvalue weighted by Gasteiger charge is -2.32. The highest BCUT2D eigenvalue weighted by atomic mass is 32.2. The van der Waals surface area contributed by atoms with E-state index in [0.29, 0.717) is 22.9 Å². The molecule has 3 amide bonds. The molecule has 0 aliphatic carbocycles. The van der Waals surface area contributed by atoms with Crippen LogP contribution < -0.4 is 10.6 Å². The molecule has 0 aliphatic rings. The number of carbonyl (C=O) groups excluding carboxylic acids is 4. The van der Waals surface area contributed by atoms with Gasteiger partial charge < -0.3 is 20.3 Å². The minimum absolute atomic E-state index is 0.0799. The number of benzene rings is 3. The van der Waals surface area contributed by atoms with E-state index in [4.69, 9.17) is 4.74 Å². The van der Waals surface area contributed by atoms with Crippen molar-refractivity contribution < 1.29 is 32.3 Å². The molecule has 0 aliphatic heterocycles. The third-order valence-electron chi connectivity index (χ3n) is 8.34. The molecular weight excluding hydrogens is 644 g/mol. The minimum atomic E-state index is -4.00. The summed E-state index contributed by atoms with van der Waals surface area (Å²) in [5, 5.41) is 6.08. The number of likely N-dealkylation sites (N-methyl/N-ethyl adjacent to an activating group) is 1. The zero-order chi connectivity index (χ0) is 35.9. The maximum atomic E-state index is 14.1. The Bertz CT molecular complexity index is 1900. The monoisotopic (exact) mass is 688 g/mol. The van der Waals surface area contributed by atoms with Gasteiger partial charge in [0, 0.05) is 38.4 Å². The molecule has 0 bridgehead atoms. The first-order valence-electron chi connectivity index (χ1n) is 16.1. The summed E-state index contributed by atoms with van der Waals surface area (Å²) in [6.07, 6.45) is 1.87. The van der Waals surface area contributed by atoms with Crippen LogP contribution in [0.15, 0.2) is 90.0 Å². The number of nitrogens with zero attached hydrogens (tertiary/aromatic N) is 2. The summed E-state index contributed by atoms with van der Waals surface area (Å²) in [5.74, 6) is -2.09. The second-order valence-electron chi connectivity index (χ2n) is 12.6. The summed E-state index contributed by atoms with van der Waals surface area (Å²) in [4.78, 5) is 54.5. The van der Waals surface area contributed by atoms with Crippen LogP contribution in [0.2, 0.25) is 0 Å². The van der Waals surface area contributed by atoms with Gasteiger partial charge in [-0.1, -0.05) is 80.1 Å². The van der Waals surface area contributed by atoms with Gasteiger partial charge in [0.25, 0.3) is 10.0 Å². The molecule has 0 spiro atoms. The first kappa shape index (κ1) is 36.9. The van der Waals surface area contributed by atoms with Crippen LogP contribution in [0.3, 0.4) is 0 Å². The maximum Gasteiger partial charge on any atom is 0.328 e. The molecule has 4 rings (SSSR count). The molecule has 12 heteroatoms.